The quantitative estimate of drug-likeness (QED) is 0.299. The third kappa shape index (κ3) is 3.98. The van der Waals surface area contributed by atoms with Crippen molar-refractivity contribution in [3.63, 3.8) is 0 Å². The molecule has 0 amide bonds. The van der Waals surface area contributed by atoms with Crippen LogP contribution in [-0.4, -0.2) is 41.1 Å². The molecule has 8 nitrogen and oxygen atoms in total. The van der Waals surface area contributed by atoms with Crippen LogP contribution in [0, 0.1) is 24.0 Å². The van der Waals surface area contributed by atoms with Crippen molar-refractivity contribution in [2.45, 2.75) is 13.8 Å². The monoisotopic (exact) mass is 455 g/mol. The maximum Gasteiger partial charge on any atom is 0.373 e. The molecule has 3 aromatic carbocycles. The van der Waals surface area contributed by atoms with Gasteiger partial charge in [0, 0.05) is 37.3 Å². The summed E-state index contributed by atoms with van der Waals surface area (Å²) >= 11 is 0. The highest BCUT2D eigenvalue weighted by Gasteiger charge is 2.31. The van der Waals surface area contributed by atoms with E-state index in [9.17, 15) is 10.1 Å². The van der Waals surface area contributed by atoms with E-state index < -0.39 is 4.92 Å². The number of benzene rings is 3. The molecule has 1 saturated heterocycles. The molecule has 2 heterocycles. The van der Waals surface area contributed by atoms with Crippen LogP contribution in [0.25, 0.3) is 10.8 Å². The van der Waals surface area contributed by atoms with Gasteiger partial charge in [0.05, 0.1) is 4.92 Å². The maximum absolute atomic E-state index is 12.1. The second-order valence-electron chi connectivity index (χ2n) is 8.38. The molecule has 8 heteroatoms. The average Bonchev–Trinajstić information content (AvgIpc) is 2.86. The predicted octanol–water partition coefficient (Wildman–Crippen LogP) is 5.27. The molecule has 5 rings (SSSR count). The van der Waals surface area contributed by atoms with Crippen LogP contribution in [-0.2, 0) is 0 Å². The van der Waals surface area contributed by atoms with Crippen LogP contribution in [0.1, 0.15) is 11.1 Å². The molecule has 0 aliphatic carbocycles. The van der Waals surface area contributed by atoms with Gasteiger partial charge in [-0.1, -0.05) is 48.5 Å². The highest BCUT2D eigenvalue weighted by molar-refractivity contribution is 5.88. The zero-order valence-corrected chi connectivity index (χ0v) is 19.1. The third-order valence-corrected chi connectivity index (χ3v) is 6.40. The number of piperazine rings is 1. The summed E-state index contributed by atoms with van der Waals surface area (Å²) in [5.41, 5.74) is 3.50. The van der Waals surface area contributed by atoms with Gasteiger partial charge in [-0.15, -0.1) is 0 Å². The SMILES string of the molecule is Cc1cccc(N2CCN(c3ncnc(Oc4cccc5ccccc45)c3[N+](=O)[O-])CC2)c1C. The third-order valence-electron chi connectivity index (χ3n) is 6.40. The van der Waals surface area contributed by atoms with Crippen LogP contribution in [0.4, 0.5) is 17.2 Å². The van der Waals surface area contributed by atoms with E-state index in [1.807, 2.05) is 41.3 Å². The minimum absolute atomic E-state index is 0.0525. The molecule has 0 atom stereocenters. The van der Waals surface area contributed by atoms with Crippen molar-refractivity contribution >= 4 is 28.0 Å². The summed E-state index contributed by atoms with van der Waals surface area (Å²) in [7, 11) is 0. The molecule has 34 heavy (non-hydrogen) atoms. The van der Waals surface area contributed by atoms with Gasteiger partial charge < -0.3 is 14.5 Å². The van der Waals surface area contributed by atoms with E-state index in [0.717, 1.165) is 23.9 Å². The zero-order chi connectivity index (χ0) is 23.7. The Kier molecular flexibility index (Phi) is 5.71. The first kappa shape index (κ1) is 21.6. The number of hydrogen-bond donors (Lipinski definition) is 0. The van der Waals surface area contributed by atoms with Crippen LogP contribution in [0.15, 0.2) is 67.0 Å². The zero-order valence-electron chi connectivity index (χ0n) is 19.1. The molecule has 172 valence electrons. The lowest BCUT2D eigenvalue weighted by molar-refractivity contribution is -0.385. The number of fused-ring (bicyclic) bond motifs is 1. The topological polar surface area (TPSA) is 84.6 Å². The van der Waals surface area contributed by atoms with E-state index in [-0.39, 0.29) is 17.4 Å². The fourth-order valence-corrected chi connectivity index (χ4v) is 4.45. The summed E-state index contributed by atoms with van der Waals surface area (Å²) in [6.45, 7) is 6.94. The lowest BCUT2D eigenvalue weighted by Crippen LogP contribution is -2.47. The van der Waals surface area contributed by atoms with Gasteiger partial charge in [0.2, 0.25) is 5.82 Å². The van der Waals surface area contributed by atoms with E-state index in [0.29, 0.717) is 18.8 Å². The van der Waals surface area contributed by atoms with Crippen molar-refractivity contribution < 1.29 is 9.66 Å². The Morgan fingerprint density at radius 1 is 0.882 bits per heavy atom. The van der Waals surface area contributed by atoms with Crippen LogP contribution in [0.3, 0.4) is 0 Å². The van der Waals surface area contributed by atoms with Crippen LogP contribution >= 0.6 is 0 Å². The van der Waals surface area contributed by atoms with Gasteiger partial charge in [-0.3, -0.25) is 10.1 Å². The van der Waals surface area contributed by atoms with Gasteiger partial charge in [0.25, 0.3) is 0 Å². The van der Waals surface area contributed by atoms with Crippen LogP contribution < -0.4 is 14.5 Å². The highest BCUT2D eigenvalue weighted by atomic mass is 16.6. The van der Waals surface area contributed by atoms with Crippen molar-refractivity contribution in [3.8, 4) is 11.6 Å². The standard InChI is InChI=1S/C26H25N5O3/c1-18-7-5-11-22(19(18)2)29-13-15-30(16-14-29)25-24(31(32)33)26(28-17-27-25)34-23-12-6-9-20-8-3-4-10-21(20)23/h3-12,17H,13-16H2,1-2H3. The summed E-state index contributed by atoms with van der Waals surface area (Å²) in [6, 6.07) is 19.7. The van der Waals surface area contributed by atoms with Crippen molar-refractivity contribution in [2.24, 2.45) is 0 Å². The fourth-order valence-electron chi connectivity index (χ4n) is 4.45. The minimum Gasteiger partial charge on any atom is -0.433 e. The first-order valence-corrected chi connectivity index (χ1v) is 11.2. The number of nitrogens with zero attached hydrogens (tertiary/aromatic N) is 5. The van der Waals surface area contributed by atoms with Gasteiger partial charge in [-0.25, -0.2) is 4.98 Å². The summed E-state index contributed by atoms with van der Waals surface area (Å²) < 4.78 is 6.01. The second-order valence-corrected chi connectivity index (χ2v) is 8.38. The lowest BCUT2D eigenvalue weighted by atomic mass is 10.1. The number of aromatic nitrogens is 2. The lowest BCUT2D eigenvalue weighted by Gasteiger charge is -2.37. The molecule has 1 aliphatic rings. The molecular formula is C26H25N5O3. The van der Waals surface area contributed by atoms with E-state index >= 15 is 0 Å². The van der Waals surface area contributed by atoms with Crippen molar-refractivity contribution in [2.75, 3.05) is 36.0 Å². The van der Waals surface area contributed by atoms with Crippen molar-refractivity contribution in [1.29, 1.82) is 0 Å². The molecule has 4 aromatic rings. The number of nitro groups is 1. The number of aryl methyl sites for hydroxylation is 1. The fraction of sp³-hybridized carbons (Fsp3) is 0.231. The molecule has 1 aromatic heterocycles. The molecule has 1 fully saturated rings. The number of rotatable bonds is 5. The summed E-state index contributed by atoms with van der Waals surface area (Å²) in [4.78, 5) is 24.3. The largest absolute Gasteiger partial charge is 0.433 e. The summed E-state index contributed by atoms with van der Waals surface area (Å²) in [6.07, 6.45) is 1.33. The molecule has 0 N–H and O–H groups in total. The van der Waals surface area contributed by atoms with Crippen LogP contribution in [0.2, 0.25) is 0 Å². The summed E-state index contributed by atoms with van der Waals surface area (Å²) in [5.74, 6) is 0.754. The maximum atomic E-state index is 12.1. The Morgan fingerprint density at radius 2 is 1.59 bits per heavy atom. The van der Waals surface area contributed by atoms with Gasteiger partial charge in [-0.05, 0) is 42.5 Å². The molecule has 0 radical (unpaired) electrons. The van der Waals surface area contributed by atoms with Gasteiger partial charge >= 0.3 is 11.6 Å². The Bertz CT molecular complexity index is 1360. The molecule has 0 unspecified atom stereocenters. The average molecular weight is 456 g/mol. The van der Waals surface area contributed by atoms with E-state index in [1.54, 1.807) is 6.07 Å². The highest BCUT2D eigenvalue weighted by Crippen LogP contribution is 2.38. The van der Waals surface area contributed by atoms with Gasteiger partial charge in [0.1, 0.15) is 12.1 Å². The molecule has 0 saturated carbocycles. The van der Waals surface area contributed by atoms with Crippen LogP contribution in [0.5, 0.6) is 11.6 Å². The van der Waals surface area contributed by atoms with Crippen molar-refractivity contribution in [3.05, 3.63) is 88.2 Å². The smallest absolute Gasteiger partial charge is 0.373 e. The van der Waals surface area contributed by atoms with E-state index in [4.69, 9.17) is 4.74 Å². The second kappa shape index (κ2) is 8.97. The molecule has 0 spiro atoms. The Hall–Kier alpha value is -4.20. The Balaban J connectivity index is 1.43. The predicted molar refractivity (Wildman–Crippen MR) is 133 cm³/mol. The van der Waals surface area contributed by atoms with E-state index in [1.165, 1.54) is 23.1 Å². The normalized spacial score (nSPS) is 13.8. The number of anilines is 2. The Labute approximate surface area is 197 Å². The first-order chi connectivity index (χ1) is 16.5. The van der Waals surface area contributed by atoms with Gasteiger partial charge in [-0.2, -0.15) is 4.98 Å². The first-order valence-electron chi connectivity index (χ1n) is 11.2. The van der Waals surface area contributed by atoms with Crippen molar-refractivity contribution in [1.82, 2.24) is 9.97 Å². The Morgan fingerprint density at radius 3 is 2.38 bits per heavy atom. The van der Waals surface area contributed by atoms with Gasteiger partial charge in [0.15, 0.2) is 0 Å². The summed E-state index contributed by atoms with van der Waals surface area (Å²) in [5, 5.41) is 14.0. The number of ether oxygens (including phenoxy) is 1. The minimum atomic E-state index is -0.452. The molecular weight excluding hydrogens is 430 g/mol. The molecule has 1 aliphatic heterocycles. The van der Waals surface area contributed by atoms with E-state index in [2.05, 4.69) is 46.9 Å². The molecule has 0 bridgehead atoms. The number of hydrogen-bond acceptors (Lipinski definition) is 7.